The molecule has 1 unspecified atom stereocenters. The number of hydrogen-bond acceptors (Lipinski definition) is 3. The van der Waals surface area contributed by atoms with Crippen LogP contribution < -0.4 is 16.4 Å². The largest absolute Gasteiger partial charge is 0.364 e. The second-order valence-corrected chi connectivity index (χ2v) is 5.45. The van der Waals surface area contributed by atoms with Crippen LogP contribution in [0.25, 0.3) is 0 Å². The molecule has 0 spiro atoms. The van der Waals surface area contributed by atoms with Crippen LogP contribution in [-0.4, -0.2) is 35.4 Å². The van der Waals surface area contributed by atoms with E-state index in [0.29, 0.717) is 11.6 Å². The van der Waals surface area contributed by atoms with E-state index in [4.69, 9.17) is 5.73 Å². The summed E-state index contributed by atoms with van der Waals surface area (Å²) in [6.45, 7) is 1.99. The maximum atomic E-state index is 12.2. The molecular formula is C13H18N4O2. The fourth-order valence-corrected chi connectivity index (χ4v) is 2.86. The number of aromatic nitrogens is 1. The van der Waals surface area contributed by atoms with Crippen LogP contribution in [0.4, 0.5) is 0 Å². The summed E-state index contributed by atoms with van der Waals surface area (Å²) in [5, 5.41) is 6.45. The quantitative estimate of drug-likeness (QED) is 0.613. The van der Waals surface area contributed by atoms with Gasteiger partial charge in [-0.3, -0.25) is 9.59 Å². The molecule has 1 aromatic heterocycles. The number of primary amides is 1. The summed E-state index contributed by atoms with van der Waals surface area (Å²) in [5.41, 5.74) is 5.77. The molecule has 2 aliphatic rings. The van der Waals surface area contributed by atoms with Gasteiger partial charge >= 0.3 is 0 Å². The summed E-state index contributed by atoms with van der Waals surface area (Å²) in [6.07, 6.45) is 3.18. The van der Waals surface area contributed by atoms with Crippen molar-refractivity contribution < 1.29 is 9.59 Å². The molecule has 0 aromatic carbocycles. The fraction of sp³-hybridized carbons (Fsp3) is 0.538. The first-order valence-electron chi connectivity index (χ1n) is 6.63. The van der Waals surface area contributed by atoms with Gasteiger partial charge in [-0.15, -0.1) is 0 Å². The first-order valence-corrected chi connectivity index (χ1v) is 6.63. The maximum absolute atomic E-state index is 12.2. The Kier molecular flexibility index (Phi) is 2.82. The lowest BCUT2D eigenvalue weighted by molar-refractivity contribution is 0.0911. The van der Waals surface area contributed by atoms with E-state index in [-0.39, 0.29) is 17.1 Å². The van der Waals surface area contributed by atoms with Crippen molar-refractivity contribution >= 4 is 11.8 Å². The smallest absolute Gasteiger partial charge is 0.268 e. The van der Waals surface area contributed by atoms with Crippen molar-refractivity contribution in [2.75, 3.05) is 13.1 Å². The van der Waals surface area contributed by atoms with Crippen molar-refractivity contribution in [2.24, 2.45) is 11.7 Å². The predicted octanol–water partition coefficient (Wildman–Crippen LogP) is -0.0145. The molecular weight excluding hydrogens is 244 g/mol. The Morgan fingerprint density at radius 1 is 1.32 bits per heavy atom. The topological polar surface area (TPSA) is 100 Å². The van der Waals surface area contributed by atoms with E-state index < -0.39 is 5.91 Å². The van der Waals surface area contributed by atoms with Crippen molar-refractivity contribution in [3.8, 4) is 0 Å². The van der Waals surface area contributed by atoms with E-state index >= 15 is 0 Å². The lowest BCUT2D eigenvalue weighted by atomic mass is 9.96. The zero-order chi connectivity index (χ0) is 13.5. The van der Waals surface area contributed by atoms with Crippen LogP contribution in [0, 0.1) is 5.92 Å². The van der Waals surface area contributed by atoms with Gasteiger partial charge in [0.05, 0.1) is 0 Å². The minimum atomic E-state index is -0.555. The molecule has 1 aromatic rings. The molecule has 6 heteroatoms. The summed E-state index contributed by atoms with van der Waals surface area (Å²) < 4.78 is 0. The number of amides is 2. The Hall–Kier alpha value is -1.82. The second-order valence-electron chi connectivity index (χ2n) is 5.45. The van der Waals surface area contributed by atoms with Crippen molar-refractivity contribution in [3.05, 3.63) is 23.5 Å². The van der Waals surface area contributed by atoms with Gasteiger partial charge in [0.1, 0.15) is 11.4 Å². The van der Waals surface area contributed by atoms with Crippen LogP contribution in [0.1, 0.15) is 40.2 Å². The Morgan fingerprint density at radius 3 is 2.58 bits per heavy atom. The average Bonchev–Trinajstić information content (AvgIpc) is 2.91. The summed E-state index contributed by atoms with van der Waals surface area (Å²) in [6, 6.07) is 3.13. The summed E-state index contributed by atoms with van der Waals surface area (Å²) in [7, 11) is 0. The third-order valence-electron chi connectivity index (χ3n) is 4.19. The average molecular weight is 262 g/mol. The summed E-state index contributed by atoms with van der Waals surface area (Å²) in [4.78, 5) is 25.9. The van der Waals surface area contributed by atoms with Crippen LogP contribution in [0.5, 0.6) is 0 Å². The molecule has 19 heavy (non-hydrogen) atoms. The third-order valence-corrected chi connectivity index (χ3v) is 4.19. The van der Waals surface area contributed by atoms with Crippen LogP contribution in [-0.2, 0) is 0 Å². The predicted molar refractivity (Wildman–Crippen MR) is 69.7 cm³/mol. The minimum absolute atomic E-state index is 0.0431. The lowest BCUT2D eigenvalue weighted by Gasteiger charge is -2.23. The zero-order valence-electron chi connectivity index (χ0n) is 10.7. The third kappa shape index (κ3) is 2.23. The molecule has 2 amide bonds. The summed E-state index contributed by atoms with van der Waals surface area (Å²) in [5.74, 6) is -0.195. The van der Waals surface area contributed by atoms with Crippen LogP contribution in [0.15, 0.2) is 12.1 Å². The molecule has 0 bridgehead atoms. The van der Waals surface area contributed by atoms with Gasteiger partial charge in [-0.05, 0) is 43.9 Å². The first-order chi connectivity index (χ1) is 9.11. The molecule has 1 atom stereocenters. The van der Waals surface area contributed by atoms with Crippen molar-refractivity contribution in [2.45, 2.75) is 24.8 Å². The highest BCUT2D eigenvalue weighted by atomic mass is 16.2. The number of nitrogens with two attached hydrogens (primary N) is 1. The SMILES string of the molecule is NC(=O)c1ccc(C(=O)NC2(C3CCNC3)CC2)[nH]1. The molecule has 6 nitrogen and oxygen atoms in total. The first kappa shape index (κ1) is 12.2. The Balaban J connectivity index is 1.69. The number of aromatic amines is 1. The van der Waals surface area contributed by atoms with Crippen molar-refractivity contribution in [3.63, 3.8) is 0 Å². The van der Waals surface area contributed by atoms with E-state index in [9.17, 15) is 9.59 Å². The van der Waals surface area contributed by atoms with Crippen LogP contribution in [0.2, 0.25) is 0 Å². The molecule has 1 saturated heterocycles. The number of H-pyrrole nitrogens is 1. The number of carbonyl (C=O) groups excluding carboxylic acids is 2. The van der Waals surface area contributed by atoms with Gasteiger partial charge in [-0.25, -0.2) is 0 Å². The fourth-order valence-electron chi connectivity index (χ4n) is 2.86. The molecule has 102 valence electrons. The minimum Gasteiger partial charge on any atom is -0.364 e. The van der Waals surface area contributed by atoms with Gasteiger partial charge in [0.15, 0.2) is 0 Å². The summed E-state index contributed by atoms with van der Waals surface area (Å²) >= 11 is 0. The van der Waals surface area contributed by atoms with Gasteiger partial charge in [-0.2, -0.15) is 0 Å². The van der Waals surface area contributed by atoms with Crippen molar-refractivity contribution in [1.29, 1.82) is 0 Å². The van der Waals surface area contributed by atoms with Crippen molar-refractivity contribution in [1.82, 2.24) is 15.6 Å². The zero-order valence-corrected chi connectivity index (χ0v) is 10.7. The molecule has 2 fully saturated rings. The number of hydrogen-bond donors (Lipinski definition) is 4. The normalized spacial score (nSPS) is 24.1. The molecule has 1 saturated carbocycles. The molecule has 1 aliphatic carbocycles. The van der Waals surface area contributed by atoms with Gasteiger partial charge in [0, 0.05) is 12.1 Å². The second kappa shape index (κ2) is 4.38. The Morgan fingerprint density at radius 2 is 2.05 bits per heavy atom. The highest BCUT2D eigenvalue weighted by molar-refractivity contribution is 5.97. The van der Waals surface area contributed by atoms with Gasteiger partial charge in [-0.1, -0.05) is 0 Å². The number of rotatable bonds is 4. The molecule has 1 aliphatic heterocycles. The van der Waals surface area contributed by atoms with E-state index in [2.05, 4.69) is 15.6 Å². The van der Waals surface area contributed by atoms with Gasteiger partial charge in [0.25, 0.3) is 11.8 Å². The lowest BCUT2D eigenvalue weighted by Crippen LogP contribution is -2.43. The standard InChI is InChI=1S/C13H18N4O2/c14-11(18)9-1-2-10(16-9)12(19)17-13(4-5-13)8-3-6-15-7-8/h1-2,8,15-16H,3-7H2,(H2,14,18)(H,17,19). The van der Waals surface area contributed by atoms with Crippen LogP contribution in [0.3, 0.4) is 0 Å². The molecule has 0 radical (unpaired) electrons. The molecule has 2 heterocycles. The van der Waals surface area contributed by atoms with E-state index in [1.165, 1.54) is 6.07 Å². The maximum Gasteiger partial charge on any atom is 0.268 e. The van der Waals surface area contributed by atoms with E-state index in [0.717, 1.165) is 32.4 Å². The number of nitrogens with one attached hydrogen (secondary N) is 3. The molecule has 3 rings (SSSR count). The van der Waals surface area contributed by atoms with E-state index in [1.54, 1.807) is 6.07 Å². The Labute approximate surface area is 111 Å². The van der Waals surface area contributed by atoms with E-state index in [1.807, 2.05) is 0 Å². The Bertz CT molecular complexity index is 512. The highest BCUT2D eigenvalue weighted by Crippen LogP contribution is 2.44. The van der Waals surface area contributed by atoms with Gasteiger partial charge < -0.3 is 21.4 Å². The van der Waals surface area contributed by atoms with Gasteiger partial charge in [0.2, 0.25) is 0 Å². The molecule has 5 N–H and O–H groups in total. The highest BCUT2D eigenvalue weighted by Gasteiger charge is 2.51. The van der Waals surface area contributed by atoms with Crippen LogP contribution >= 0.6 is 0 Å². The number of carbonyl (C=O) groups is 2. The monoisotopic (exact) mass is 262 g/mol.